The zero-order valence-corrected chi connectivity index (χ0v) is 15.4. The number of hydrogen-bond donors (Lipinski definition) is 0. The Morgan fingerprint density at radius 2 is 1.88 bits per heavy atom. The van der Waals surface area contributed by atoms with Crippen LogP contribution in [0.25, 0.3) is 0 Å². The molecule has 1 aromatic carbocycles. The van der Waals surface area contributed by atoms with E-state index in [0.29, 0.717) is 11.8 Å². The van der Waals surface area contributed by atoms with Gasteiger partial charge in [0, 0.05) is 25.4 Å². The third-order valence-corrected chi connectivity index (χ3v) is 5.90. The Morgan fingerprint density at radius 3 is 2.69 bits per heavy atom. The van der Waals surface area contributed by atoms with E-state index in [9.17, 15) is 4.79 Å². The summed E-state index contributed by atoms with van der Waals surface area (Å²) >= 11 is 0. The summed E-state index contributed by atoms with van der Waals surface area (Å²) in [7, 11) is 0. The highest BCUT2D eigenvalue weighted by Crippen LogP contribution is 2.29. The van der Waals surface area contributed by atoms with Crippen LogP contribution >= 0.6 is 0 Å². The van der Waals surface area contributed by atoms with E-state index in [4.69, 9.17) is 0 Å². The van der Waals surface area contributed by atoms with Gasteiger partial charge < -0.3 is 9.47 Å². The summed E-state index contributed by atoms with van der Waals surface area (Å²) in [5, 5.41) is 8.50. The first-order chi connectivity index (χ1) is 12.8. The molecule has 2 fully saturated rings. The number of carbonyl (C=O) groups is 1. The van der Waals surface area contributed by atoms with Crippen molar-refractivity contribution in [3.05, 3.63) is 48.0 Å². The van der Waals surface area contributed by atoms with Gasteiger partial charge in [0.2, 0.25) is 5.91 Å². The fraction of sp³-hybridized carbons (Fsp3) is 0.571. The molecule has 1 atom stereocenters. The van der Waals surface area contributed by atoms with Gasteiger partial charge in [-0.2, -0.15) is 0 Å². The molecule has 26 heavy (non-hydrogen) atoms. The molecule has 1 aromatic heterocycles. The topological polar surface area (TPSA) is 51.0 Å². The van der Waals surface area contributed by atoms with Crippen LogP contribution in [0.15, 0.2) is 36.7 Å². The van der Waals surface area contributed by atoms with Gasteiger partial charge >= 0.3 is 0 Å². The van der Waals surface area contributed by atoms with Crippen LogP contribution in [0.2, 0.25) is 0 Å². The minimum absolute atomic E-state index is 0.287. The maximum atomic E-state index is 12.7. The standard InChI is InChI=1S/C21H28N4O/c26-21(19-10-4-5-11-19)24-12-6-9-18(15-24)13-20-23-22-16-25(20)14-17-7-2-1-3-8-17/h1-3,7-8,16,18-19H,4-6,9-15H2. The number of piperidine rings is 1. The van der Waals surface area contributed by atoms with Crippen LogP contribution in [-0.2, 0) is 17.8 Å². The maximum absolute atomic E-state index is 12.7. The van der Waals surface area contributed by atoms with Gasteiger partial charge in [-0.15, -0.1) is 10.2 Å². The normalized spacial score (nSPS) is 21.2. The number of amides is 1. The molecule has 0 radical (unpaired) electrons. The highest BCUT2D eigenvalue weighted by atomic mass is 16.2. The molecular weight excluding hydrogens is 324 g/mol. The fourth-order valence-electron chi connectivity index (χ4n) is 4.47. The Hall–Kier alpha value is -2.17. The van der Waals surface area contributed by atoms with Crippen LogP contribution in [0.4, 0.5) is 0 Å². The molecular formula is C21H28N4O. The van der Waals surface area contributed by atoms with Crippen molar-refractivity contribution in [2.24, 2.45) is 11.8 Å². The summed E-state index contributed by atoms with van der Waals surface area (Å²) in [5.74, 6) is 2.22. The number of benzene rings is 1. The van der Waals surface area contributed by atoms with E-state index in [1.165, 1.54) is 24.8 Å². The van der Waals surface area contributed by atoms with E-state index >= 15 is 0 Å². The summed E-state index contributed by atoms with van der Waals surface area (Å²) in [6.45, 7) is 2.62. The van der Waals surface area contributed by atoms with Crippen LogP contribution in [0.1, 0.15) is 49.9 Å². The van der Waals surface area contributed by atoms with Gasteiger partial charge in [-0.05, 0) is 37.2 Å². The Kier molecular flexibility index (Phi) is 5.32. The van der Waals surface area contributed by atoms with Gasteiger partial charge in [0.25, 0.3) is 0 Å². The van der Waals surface area contributed by atoms with Crippen molar-refractivity contribution >= 4 is 5.91 Å². The molecule has 5 heteroatoms. The molecule has 138 valence electrons. The first kappa shape index (κ1) is 17.3. The maximum Gasteiger partial charge on any atom is 0.225 e. The van der Waals surface area contributed by atoms with Crippen molar-refractivity contribution in [1.82, 2.24) is 19.7 Å². The molecule has 1 aliphatic carbocycles. The molecule has 1 saturated heterocycles. The molecule has 4 rings (SSSR count). The van der Waals surface area contributed by atoms with Crippen LogP contribution in [-0.4, -0.2) is 38.7 Å². The third-order valence-electron chi connectivity index (χ3n) is 5.90. The lowest BCUT2D eigenvalue weighted by atomic mass is 9.93. The molecule has 0 bridgehead atoms. The second kappa shape index (κ2) is 8.02. The van der Waals surface area contributed by atoms with Crippen LogP contribution in [0, 0.1) is 11.8 Å². The Morgan fingerprint density at radius 1 is 1.08 bits per heavy atom. The molecule has 2 aliphatic rings. The minimum atomic E-state index is 0.287. The average molecular weight is 352 g/mol. The predicted octanol–water partition coefficient (Wildman–Crippen LogP) is 3.30. The van der Waals surface area contributed by atoms with E-state index in [1.54, 1.807) is 0 Å². The van der Waals surface area contributed by atoms with E-state index in [2.05, 4.69) is 43.9 Å². The molecule has 1 saturated carbocycles. The number of hydrogen-bond acceptors (Lipinski definition) is 3. The lowest BCUT2D eigenvalue weighted by Gasteiger charge is -2.34. The molecule has 2 aromatic rings. The van der Waals surface area contributed by atoms with Crippen molar-refractivity contribution in [3.8, 4) is 0 Å². The van der Waals surface area contributed by atoms with Crippen molar-refractivity contribution < 1.29 is 4.79 Å². The Labute approximate surface area is 155 Å². The number of rotatable bonds is 5. The molecule has 1 amide bonds. The molecule has 1 unspecified atom stereocenters. The quantitative estimate of drug-likeness (QED) is 0.830. The van der Waals surface area contributed by atoms with Crippen molar-refractivity contribution in [2.75, 3.05) is 13.1 Å². The minimum Gasteiger partial charge on any atom is -0.342 e. The first-order valence-electron chi connectivity index (χ1n) is 9.99. The summed E-state index contributed by atoms with van der Waals surface area (Å²) in [4.78, 5) is 14.9. The number of carbonyl (C=O) groups excluding carboxylic acids is 1. The average Bonchev–Trinajstić information content (AvgIpc) is 3.35. The first-order valence-corrected chi connectivity index (χ1v) is 9.99. The molecule has 2 heterocycles. The molecule has 1 aliphatic heterocycles. The summed E-state index contributed by atoms with van der Waals surface area (Å²) in [6.07, 6.45) is 9.62. The predicted molar refractivity (Wildman–Crippen MR) is 101 cm³/mol. The van der Waals surface area contributed by atoms with Crippen molar-refractivity contribution in [2.45, 2.75) is 51.5 Å². The highest BCUT2D eigenvalue weighted by molar-refractivity contribution is 5.79. The van der Waals surface area contributed by atoms with Gasteiger partial charge in [-0.1, -0.05) is 43.2 Å². The smallest absolute Gasteiger partial charge is 0.225 e. The van der Waals surface area contributed by atoms with E-state index < -0.39 is 0 Å². The number of likely N-dealkylation sites (tertiary alicyclic amines) is 1. The Balaban J connectivity index is 1.38. The Bertz CT molecular complexity index is 721. The van der Waals surface area contributed by atoms with Crippen LogP contribution in [0.5, 0.6) is 0 Å². The van der Waals surface area contributed by atoms with Crippen LogP contribution in [0.3, 0.4) is 0 Å². The summed E-state index contributed by atoms with van der Waals surface area (Å²) < 4.78 is 2.15. The second-order valence-corrected chi connectivity index (χ2v) is 7.84. The van der Waals surface area contributed by atoms with Crippen molar-refractivity contribution in [1.29, 1.82) is 0 Å². The van der Waals surface area contributed by atoms with E-state index in [0.717, 1.165) is 51.1 Å². The van der Waals surface area contributed by atoms with Gasteiger partial charge in [-0.3, -0.25) is 4.79 Å². The van der Waals surface area contributed by atoms with Gasteiger partial charge in [0.15, 0.2) is 0 Å². The zero-order valence-electron chi connectivity index (χ0n) is 15.4. The SMILES string of the molecule is O=C(C1CCCC1)N1CCCC(Cc2nncn2Cc2ccccc2)C1. The second-order valence-electron chi connectivity index (χ2n) is 7.84. The van der Waals surface area contributed by atoms with Gasteiger partial charge in [0.1, 0.15) is 12.2 Å². The van der Waals surface area contributed by atoms with E-state index in [-0.39, 0.29) is 5.92 Å². The van der Waals surface area contributed by atoms with Crippen LogP contribution < -0.4 is 0 Å². The lowest BCUT2D eigenvalue weighted by molar-refractivity contribution is -0.137. The highest BCUT2D eigenvalue weighted by Gasteiger charge is 2.31. The number of aromatic nitrogens is 3. The van der Waals surface area contributed by atoms with Gasteiger partial charge in [-0.25, -0.2) is 0 Å². The molecule has 5 nitrogen and oxygen atoms in total. The largest absolute Gasteiger partial charge is 0.342 e. The zero-order chi connectivity index (χ0) is 17.8. The molecule has 0 spiro atoms. The van der Waals surface area contributed by atoms with Gasteiger partial charge in [0.05, 0.1) is 6.54 Å². The van der Waals surface area contributed by atoms with Crippen molar-refractivity contribution in [3.63, 3.8) is 0 Å². The fourth-order valence-corrected chi connectivity index (χ4v) is 4.47. The lowest BCUT2D eigenvalue weighted by Crippen LogP contribution is -2.43. The summed E-state index contributed by atoms with van der Waals surface area (Å²) in [6, 6.07) is 10.4. The van der Waals surface area contributed by atoms with E-state index in [1.807, 2.05) is 12.4 Å². The third kappa shape index (κ3) is 3.97. The molecule has 0 N–H and O–H groups in total. The number of nitrogens with zero attached hydrogens (tertiary/aromatic N) is 4. The summed E-state index contributed by atoms with van der Waals surface area (Å²) in [5.41, 5.74) is 1.26. The monoisotopic (exact) mass is 352 g/mol.